The molecule has 0 bridgehead atoms. The van der Waals surface area contributed by atoms with E-state index in [4.69, 9.17) is 15.5 Å². The van der Waals surface area contributed by atoms with Gasteiger partial charge in [0.15, 0.2) is 11.6 Å². The van der Waals surface area contributed by atoms with E-state index in [2.05, 4.69) is 58.2 Å². The molecular weight excluding hydrogens is 376 g/mol. The molecule has 30 heavy (non-hydrogen) atoms. The lowest BCUT2D eigenvalue weighted by atomic mass is 10.0. The Morgan fingerprint density at radius 2 is 1.90 bits per heavy atom. The van der Waals surface area contributed by atoms with Crippen molar-refractivity contribution in [2.24, 2.45) is 0 Å². The zero-order chi connectivity index (χ0) is 20.9. The molecule has 2 aromatic rings. The van der Waals surface area contributed by atoms with Gasteiger partial charge in [-0.3, -0.25) is 4.90 Å². The summed E-state index contributed by atoms with van der Waals surface area (Å²) in [7, 11) is 0. The van der Waals surface area contributed by atoms with Crippen molar-refractivity contribution in [3.05, 3.63) is 35.4 Å². The Kier molecular flexibility index (Phi) is 6.57. The topological polar surface area (TPSA) is 79.5 Å². The summed E-state index contributed by atoms with van der Waals surface area (Å²) in [5, 5.41) is 3.36. The number of nitrogens with zero attached hydrogens (tertiary/aromatic N) is 4. The number of fused-ring (bicyclic) bond motifs is 1. The van der Waals surface area contributed by atoms with E-state index in [0.717, 1.165) is 44.0 Å². The zero-order valence-corrected chi connectivity index (χ0v) is 18.2. The molecular formula is C23H34N6O. The maximum Gasteiger partial charge on any atom is 0.320 e. The van der Waals surface area contributed by atoms with Gasteiger partial charge in [0, 0.05) is 19.6 Å². The fourth-order valence-corrected chi connectivity index (χ4v) is 4.26. The standard InChI is InChI=1S/C23H34N6O/c1-3-4-15-30-23-26-21(24)20-22(27-23)29(14-11-25-20)17(2)19-9-7-18(8-10-19)16-28-12-5-6-13-28/h7-10,17,25H,3-6,11-16H2,1-2H3,(H2,24,26,27). The van der Waals surface area contributed by atoms with E-state index in [-0.39, 0.29) is 6.04 Å². The van der Waals surface area contributed by atoms with Gasteiger partial charge in [0.05, 0.1) is 12.6 Å². The number of rotatable bonds is 8. The third-order valence-electron chi connectivity index (χ3n) is 6.09. The smallest absolute Gasteiger partial charge is 0.320 e. The first-order valence-corrected chi connectivity index (χ1v) is 11.3. The zero-order valence-electron chi connectivity index (χ0n) is 18.2. The molecule has 0 radical (unpaired) electrons. The summed E-state index contributed by atoms with van der Waals surface area (Å²) in [6.45, 7) is 10.1. The molecule has 3 heterocycles. The largest absolute Gasteiger partial charge is 0.463 e. The van der Waals surface area contributed by atoms with Crippen LogP contribution in [0.1, 0.15) is 56.7 Å². The highest BCUT2D eigenvalue weighted by Crippen LogP contribution is 2.37. The molecule has 1 fully saturated rings. The van der Waals surface area contributed by atoms with Crippen molar-refractivity contribution in [2.45, 2.75) is 52.1 Å². The summed E-state index contributed by atoms with van der Waals surface area (Å²) in [4.78, 5) is 13.9. The van der Waals surface area contributed by atoms with Gasteiger partial charge in [-0.1, -0.05) is 37.6 Å². The van der Waals surface area contributed by atoms with E-state index < -0.39 is 0 Å². The molecule has 3 N–H and O–H groups in total. The average Bonchev–Trinajstić information content (AvgIpc) is 3.27. The minimum Gasteiger partial charge on any atom is -0.463 e. The molecule has 162 valence electrons. The average molecular weight is 411 g/mol. The number of ether oxygens (including phenoxy) is 1. The van der Waals surface area contributed by atoms with Crippen molar-refractivity contribution in [3.63, 3.8) is 0 Å². The molecule has 4 rings (SSSR count). The molecule has 1 aromatic heterocycles. The predicted molar refractivity (Wildman–Crippen MR) is 122 cm³/mol. The van der Waals surface area contributed by atoms with Gasteiger partial charge in [-0.2, -0.15) is 9.97 Å². The molecule has 1 unspecified atom stereocenters. The van der Waals surface area contributed by atoms with Crippen molar-refractivity contribution in [1.29, 1.82) is 0 Å². The second kappa shape index (κ2) is 9.51. The number of hydrogen-bond acceptors (Lipinski definition) is 7. The normalized spacial score (nSPS) is 17.5. The van der Waals surface area contributed by atoms with Crippen molar-refractivity contribution in [3.8, 4) is 6.01 Å². The lowest BCUT2D eigenvalue weighted by molar-refractivity contribution is 0.286. The fraction of sp³-hybridized carbons (Fsp3) is 0.565. The second-order valence-corrected chi connectivity index (χ2v) is 8.31. The maximum atomic E-state index is 6.22. The summed E-state index contributed by atoms with van der Waals surface area (Å²) >= 11 is 0. The van der Waals surface area contributed by atoms with E-state index in [0.29, 0.717) is 18.4 Å². The molecule has 2 aliphatic heterocycles. The summed E-state index contributed by atoms with van der Waals surface area (Å²) in [5.74, 6) is 1.28. The SMILES string of the molecule is CCCCOc1nc(N)c2c(n1)N(C(C)c1ccc(CN3CCCC3)cc1)CCN2. The number of benzene rings is 1. The van der Waals surface area contributed by atoms with Gasteiger partial charge in [-0.25, -0.2) is 0 Å². The van der Waals surface area contributed by atoms with Crippen LogP contribution in [-0.4, -0.2) is 47.7 Å². The third kappa shape index (κ3) is 4.61. The van der Waals surface area contributed by atoms with Crippen molar-refractivity contribution < 1.29 is 4.74 Å². The highest BCUT2D eigenvalue weighted by molar-refractivity contribution is 5.78. The van der Waals surface area contributed by atoms with Gasteiger partial charge in [0.1, 0.15) is 5.69 Å². The molecule has 0 amide bonds. The Morgan fingerprint density at radius 3 is 2.63 bits per heavy atom. The molecule has 0 aliphatic carbocycles. The summed E-state index contributed by atoms with van der Waals surface area (Å²) in [6.07, 6.45) is 4.70. The van der Waals surface area contributed by atoms with Crippen LogP contribution in [0.2, 0.25) is 0 Å². The Hall–Kier alpha value is -2.54. The Labute approximate surface area is 179 Å². The molecule has 0 spiro atoms. The van der Waals surface area contributed by atoms with Gasteiger partial charge in [0.25, 0.3) is 0 Å². The minimum atomic E-state index is 0.185. The molecule has 0 saturated carbocycles. The summed E-state index contributed by atoms with van der Waals surface area (Å²) in [6, 6.07) is 9.58. The maximum absolute atomic E-state index is 6.22. The first-order chi connectivity index (χ1) is 14.7. The molecule has 1 saturated heterocycles. The monoisotopic (exact) mass is 410 g/mol. The lowest BCUT2D eigenvalue weighted by Crippen LogP contribution is -2.37. The van der Waals surface area contributed by atoms with Gasteiger partial charge in [0.2, 0.25) is 0 Å². The number of nitrogens with one attached hydrogen (secondary N) is 1. The van der Waals surface area contributed by atoms with Crippen LogP contribution in [0.15, 0.2) is 24.3 Å². The van der Waals surface area contributed by atoms with Crippen LogP contribution in [0, 0.1) is 0 Å². The minimum absolute atomic E-state index is 0.185. The van der Waals surface area contributed by atoms with Gasteiger partial charge in [-0.15, -0.1) is 0 Å². The summed E-state index contributed by atoms with van der Waals surface area (Å²) in [5.41, 5.74) is 9.68. The van der Waals surface area contributed by atoms with Crippen molar-refractivity contribution in [1.82, 2.24) is 14.9 Å². The number of unbranched alkanes of at least 4 members (excludes halogenated alkanes) is 1. The van der Waals surface area contributed by atoms with Crippen LogP contribution in [0.25, 0.3) is 0 Å². The molecule has 7 heteroatoms. The second-order valence-electron chi connectivity index (χ2n) is 8.31. The molecule has 1 aromatic carbocycles. The first-order valence-electron chi connectivity index (χ1n) is 11.3. The van der Waals surface area contributed by atoms with Gasteiger partial charge < -0.3 is 20.7 Å². The first kappa shape index (κ1) is 20.7. The Bertz CT molecular complexity index is 834. The van der Waals surface area contributed by atoms with E-state index >= 15 is 0 Å². The number of hydrogen-bond donors (Lipinski definition) is 2. The Morgan fingerprint density at radius 1 is 1.13 bits per heavy atom. The third-order valence-corrected chi connectivity index (χ3v) is 6.09. The van der Waals surface area contributed by atoms with Crippen LogP contribution in [0.4, 0.5) is 17.3 Å². The van der Waals surface area contributed by atoms with Crippen LogP contribution in [0.3, 0.4) is 0 Å². The number of nitrogens with two attached hydrogens (primary N) is 1. The highest BCUT2D eigenvalue weighted by Gasteiger charge is 2.27. The lowest BCUT2D eigenvalue weighted by Gasteiger charge is -2.36. The van der Waals surface area contributed by atoms with Gasteiger partial charge >= 0.3 is 6.01 Å². The van der Waals surface area contributed by atoms with Crippen molar-refractivity contribution >= 4 is 17.3 Å². The Balaban J connectivity index is 1.51. The van der Waals surface area contributed by atoms with Crippen LogP contribution >= 0.6 is 0 Å². The number of aromatic nitrogens is 2. The fourth-order valence-electron chi connectivity index (χ4n) is 4.26. The van der Waals surface area contributed by atoms with E-state index in [1.54, 1.807) is 0 Å². The van der Waals surface area contributed by atoms with Crippen LogP contribution in [0.5, 0.6) is 6.01 Å². The predicted octanol–water partition coefficient (Wildman–Crippen LogP) is 3.83. The quantitative estimate of drug-likeness (QED) is 0.640. The van der Waals surface area contributed by atoms with Crippen LogP contribution < -0.4 is 20.7 Å². The number of anilines is 3. The molecule has 1 atom stereocenters. The van der Waals surface area contributed by atoms with E-state index in [9.17, 15) is 0 Å². The number of nitrogen functional groups attached to an aromatic ring is 1. The molecule has 7 nitrogen and oxygen atoms in total. The molecule has 2 aliphatic rings. The highest BCUT2D eigenvalue weighted by atomic mass is 16.5. The number of likely N-dealkylation sites (tertiary alicyclic amines) is 1. The van der Waals surface area contributed by atoms with E-state index in [1.807, 2.05) is 0 Å². The van der Waals surface area contributed by atoms with Crippen molar-refractivity contribution in [2.75, 3.05) is 48.7 Å². The van der Waals surface area contributed by atoms with Gasteiger partial charge in [-0.05, 0) is 50.4 Å². The van der Waals surface area contributed by atoms with Crippen LogP contribution in [-0.2, 0) is 6.54 Å². The van der Waals surface area contributed by atoms with E-state index in [1.165, 1.54) is 37.1 Å². The summed E-state index contributed by atoms with van der Waals surface area (Å²) < 4.78 is 5.74.